The quantitative estimate of drug-likeness (QED) is 0.745. The molecule has 1 rings (SSSR count). The van der Waals surface area contributed by atoms with Crippen molar-refractivity contribution in [1.29, 1.82) is 0 Å². The molecule has 0 saturated carbocycles. The van der Waals surface area contributed by atoms with Gasteiger partial charge in [0.05, 0.1) is 24.6 Å². The Kier molecular flexibility index (Phi) is 5.35. The van der Waals surface area contributed by atoms with Gasteiger partial charge in [-0.15, -0.1) is 0 Å². The molecule has 0 heterocycles. The lowest BCUT2D eigenvalue weighted by Crippen LogP contribution is -2.32. The lowest BCUT2D eigenvalue weighted by atomic mass is 10.3. The molecular formula is C11H13FN2O2S. The maximum absolute atomic E-state index is 12.6. The molecule has 3 N–H and O–H groups in total. The van der Waals surface area contributed by atoms with Gasteiger partial charge < -0.3 is 15.8 Å². The molecule has 0 radical (unpaired) electrons. The van der Waals surface area contributed by atoms with Crippen molar-refractivity contribution < 1.29 is 13.9 Å². The van der Waals surface area contributed by atoms with Gasteiger partial charge in [-0.1, -0.05) is 12.2 Å². The molecule has 92 valence electrons. The number of hydrogen-bond acceptors (Lipinski definition) is 3. The van der Waals surface area contributed by atoms with E-state index in [0.717, 1.165) is 0 Å². The minimum absolute atomic E-state index is 0.185. The number of hydrogen-bond donors (Lipinski definition) is 2. The molecule has 1 aromatic carbocycles. The molecule has 0 aromatic heterocycles. The third-order valence-electron chi connectivity index (χ3n) is 1.87. The standard InChI is InChI=1S/C11H13FN2O2S/c12-8-1-3-9(4-2-8)16-6-5-11(15)14-7-10(13)17/h1-4H,5-7H2,(H2,13,17)(H,14,15). The van der Waals surface area contributed by atoms with Gasteiger partial charge in [0.2, 0.25) is 5.91 Å². The maximum Gasteiger partial charge on any atom is 0.223 e. The topological polar surface area (TPSA) is 64.3 Å². The van der Waals surface area contributed by atoms with Gasteiger partial charge in [0, 0.05) is 0 Å². The number of rotatable bonds is 6. The highest BCUT2D eigenvalue weighted by molar-refractivity contribution is 7.80. The SMILES string of the molecule is NC(=S)CNC(=O)CCOc1ccc(F)cc1. The molecule has 0 aliphatic carbocycles. The van der Waals surface area contributed by atoms with Crippen LogP contribution < -0.4 is 15.8 Å². The van der Waals surface area contributed by atoms with Gasteiger partial charge >= 0.3 is 0 Å². The monoisotopic (exact) mass is 256 g/mol. The first kappa shape index (κ1) is 13.4. The first-order chi connectivity index (χ1) is 8.08. The zero-order valence-corrected chi connectivity index (χ0v) is 9.93. The summed E-state index contributed by atoms with van der Waals surface area (Å²) in [4.78, 5) is 11.5. The smallest absolute Gasteiger partial charge is 0.223 e. The summed E-state index contributed by atoms with van der Waals surface area (Å²) in [6.07, 6.45) is 0.194. The molecule has 0 aliphatic rings. The molecule has 0 bridgehead atoms. The van der Waals surface area contributed by atoms with Gasteiger partial charge in [0.25, 0.3) is 0 Å². The highest BCUT2D eigenvalue weighted by atomic mass is 32.1. The van der Waals surface area contributed by atoms with Crippen LogP contribution in [0.15, 0.2) is 24.3 Å². The Bertz CT molecular complexity index is 395. The van der Waals surface area contributed by atoms with Crippen molar-refractivity contribution in [1.82, 2.24) is 5.32 Å². The summed E-state index contributed by atoms with van der Waals surface area (Å²) in [5, 5.41) is 2.53. The molecule has 0 unspecified atom stereocenters. The molecule has 0 saturated heterocycles. The fraction of sp³-hybridized carbons (Fsp3) is 0.273. The number of nitrogens with one attached hydrogen (secondary N) is 1. The Hall–Kier alpha value is -1.69. The predicted octanol–water partition coefficient (Wildman–Crippen LogP) is 0.997. The Morgan fingerprint density at radius 2 is 2.06 bits per heavy atom. The molecule has 0 aliphatic heterocycles. The number of thiocarbonyl (C=S) groups is 1. The van der Waals surface area contributed by atoms with Gasteiger partial charge in [0.1, 0.15) is 11.6 Å². The van der Waals surface area contributed by atoms with Crippen LogP contribution in [0.4, 0.5) is 4.39 Å². The second-order valence-electron chi connectivity index (χ2n) is 3.30. The van der Waals surface area contributed by atoms with Gasteiger partial charge in [-0.05, 0) is 24.3 Å². The number of carbonyl (C=O) groups excluding carboxylic acids is 1. The average molecular weight is 256 g/mol. The number of halogens is 1. The molecule has 6 heteroatoms. The lowest BCUT2D eigenvalue weighted by molar-refractivity contribution is -0.121. The Balaban J connectivity index is 2.21. The fourth-order valence-corrected chi connectivity index (χ4v) is 1.14. The van der Waals surface area contributed by atoms with Crippen LogP contribution in [0.2, 0.25) is 0 Å². The van der Waals surface area contributed by atoms with E-state index < -0.39 is 0 Å². The van der Waals surface area contributed by atoms with Crippen LogP contribution in [0.5, 0.6) is 5.75 Å². The molecule has 0 spiro atoms. The van der Waals surface area contributed by atoms with Crippen LogP contribution in [0.1, 0.15) is 6.42 Å². The van der Waals surface area contributed by atoms with E-state index in [1.807, 2.05) is 0 Å². The second-order valence-corrected chi connectivity index (χ2v) is 3.82. The van der Waals surface area contributed by atoms with Crippen LogP contribution in [0.25, 0.3) is 0 Å². The third kappa shape index (κ3) is 5.82. The van der Waals surface area contributed by atoms with E-state index in [2.05, 4.69) is 17.5 Å². The minimum Gasteiger partial charge on any atom is -0.493 e. The zero-order chi connectivity index (χ0) is 12.7. The van der Waals surface area contributed by atoms with Crippen molar-refractivity contribution in [2.75, 3.05) is 13.2 Å². The molecule has 4 nitrogen and oxygen atoms in total. The second kappa shape index (κ2) is 6.80. The van der Waals surface area contributed by atoms with Crippen molar-refractivity contribution in [2.24, 2.45) is 5.73 Å². The molecular weight excluding hydrogens is 243 g/mol. The number of nitrogens with two attached hydrogens (primary N) is 1. The van der Waals surface area contributed by atoms with Crippen molar-refractivity contribution in [3.05, 3.63) is 30.1 Å². The number of benzene rings is 1. The van der Waals surface area contributed by atoms with Crippen molar-refractivity contribution in [3.8, 4) is 5.75 Å². The summed E-state index contributed by atoms with van der Waals surface area (Å²) in [5.74, 6) is 0.00000798. The fourth-order valence-electron chi connectivity index (χ4n) is 1.07. The van der Waals surface area contributed by atoms with Crippen LogP contribution in [-0.2, 0) is 4.79 Å². The Morgan fingerprint density at radius 3 is 2.65 bits per heavy atom. The predicted molar refractivity (Wildman–Crippen MR) is 66.3 cm³/mol. The highest BCUT2D eigenvalue weighted by Gasteiger charge is 2.02. The van der Waals surface area contributed by atoms with E-state index in [9.17, 15) is 9.18 Å². The first-order valence-electron chi connectivity index (χ1n) is 5.01. The largest absolute Gasteiger partial charge is 0.493 e. The minimum atomic E-state index is -0.327. The Labute approximate surface area is 104 Å². The third-order valence-corrected chi connectivity index (χ3v) is 2.02. The maximum atomic E-state index is 12.6. The number of ether oxygens (including phenoxy) is 1. The molecule has 1 aromatic rings. The summed E-state index contributed by atoms with van der Waals surface area (Å²) >= 11 is 4.61. The Morgan fingerprint density at radius 1 is 1.41 bits per heavy atom. The van der Waals surface area contributed by atoms with Crippen molar-refractivity contribution >= 4 is 23.1 Å². The lowest BCUT2D eigenvalue weighted by Gasteiger charge is -2.06. The first-order valence-corrected chi connectivity index (χ1v) is 5.42. The van der Waals surface area contributed by atoms with Crippen LogP contribution in [0.3, 0.4) is 0 Å². The summed E-state index contributed by atoms with van der Waals surface area (Å²) < 4.78 is 17.8. The summed E-state index contributed by atoms with van der Waals surface area (Å²) in [6.45, 7) is 0.402. The average Bonchev–Trinajstić information content (AvgIpc) is 2.29. The highest BCUT2D eigenvalue weighted by Crippen LogP contribution is 2.10. The van der Waals surface area contributed by atoms with Gasteiger partial charge in [-0.2, -0.15) is 0 Å². The van der Waals surface area contributed by atoms with E-state index in [-0.39, 0.29) is 36.3 Å². The molecule has 1 amide bonds. The van der Waals surface area contributed by atoms with Gasteiger partial charge in [-0.25, -0.2) is 4.39 Å². The number of carbonyl (C=O) groups is 1. The van der Waals surface area contributed by atoms with Crippen LogP contribution in [0, 0.1) is 5.82 Å². The van der Waals surface area contributed by atoms with E-state index >= 15 is 0 Å². The molecule has 0 atom stereocenters. The molecule has 0 fully saturated rings. The van der Waals surface area contributed by atoms with Crippen molar-refractivity contribution in [2.45, 2.75) is 6.42 Å². The van der Waals surface area contributed by atoms with Crippen LogP contribution in [-0.4, -0.2) is 24.0 Å². The summed E-state index contributed by atoms with van der Waals surface area (Å²) in [5.41, 5.74) is 5.22. The van der Waals surface area contributed by atoms with Gasteiger partial charge in [-0.3, -0.25) is 4.79 Å². The van der Waals surface area contributed by atoms with E-state index in [0.29, 0.717) is 5.75 Å². The normalized spacial score (nSPS) is 9.71. The van der Waals surface area contributed by atoms with E-state index in [1.165, 1.54) is 24.3 Å². The summed E-state index contributed by atoms with van der Waals surface area (Å²) in [7, 11) is 0. The van der Waals surface area contributed by atoms with Gasteiger partial charge in [0.15, 0.2) is 0 Å². The van der Waals surface area contributed by atoms with E-state index in [1.54, 1.807) is 0 Å². The number of amides is 1. The van der Waals surface area contributed by atoms with Crippen molar-refractivity contribution in [3.63, 3.8) is 0 Å². The zero-order valence-electron chi connectivity index (χ0n) is 9.11. The van der Waals surface area contributed by atoms with E-state index in [4.69, 9.17) is 10.5 Å². The summed E-state index contributed by atoms with van der Waals surface area (Å²) in [6, 6.07) is 5.59. The molecule has 17 heavy (non-hydrogen) atoms. The van der Waals surface area contributed by atoms with Crippen LogP contribution >= 0.6 is 12.2 Å².